The van der Waals surface area contributed by atoms with Gasteiger partial charge in [-0.3, -0.25) is 4.79 Å². The molecule has 3 heteroatoms. The number of carbonyl (C=O) groups excluding carboxylic acids is 1. The highest BCUT2D eigenvalue weighted by molar-refractivity contribution is 8.00. The molecule has 23 heavy (non-hydrogen) atoms. The van der Waals surface area contributed by atoms with Crippen LogP contribution in [0.5, 0.6) is 0 Å². The van der Waals surface area contributed by atoms with Gasteiger partial charge in [0.05, 0.1) is 5.75 Å². The number of thioether (sulfide) groups is 1. The van der Waals surface area contributed by atoms with Crippen molar-refractivity contribution in [1.82, 2.24) is 0 Å². The zero-order valence-electron chi connectivity index (χ0n) is 13.1. The van der Waals surface area contributed by atoms with Crippen molar-refractivity contribution in [3.63, 3.8) is 0 Å². The number of rotatable bonds is 5. The highest BCUT2D eigenvalue weighted by Gasteiger charge is 2.06. The lowest BCUT2D eigenvalue weighted by Crippen LogP contribution is -2.14. The van der Waals surface area contributed by atoms with Crippen LogP contribution in [0.25, 0.3) is 10.8 Å². The molecule has 2 nitrogen and oxygen atoms in total. The van der Waals surface area contributed by atoms with Crippen LogP contribution in [0.3, 0.4) is 0 Å². The Balaban J connectivity index is 1.66. The monoisotopic (exact) mass is 321 g/mol. The molecule has 1 amide bonds. The summed E-state index contributed by atoms with van der Waals surface area (Å²) in [4.78, 5) is 13.3. The van der Waals surface area contributed by atoms with E-state index in [2.05, 4.69) is 42.6 Å². The number of benzene rings is 3. The average Bonchev–Trinajstić information content (AvgIpc) is 2.60. The van der Waals surface area contributed by atoms with Gasteiger partial charge in [0.2, 0.25) is 5.91 Å². The molecular weight excluding hydrogens is 302 g/mol. The Morgan fingerprint density at radius 1 is 1.00 bits per heavy atom. The first-order chi connectivity index (χ1) is 11.3. The Morgan fingerprint density at radius 3 is 2.65 bits per heavy atom. The Labute approximate surface area is 140 Å². The molecule has 3 aromatic rings. The maximum atomic E-state index is 12.2. The zero-order valence-corrected chi connectivity index (χ0v) is 13.9. The minimum absolute atomic E-state index is 0.0242. The Morgan fingerprint density at radius 2 is 1.78 bits per heavy atom. The highest BCUT2D eigenvalue weighted by Crippen LogP contribution is 2.27. The number of anilines is 1. The summed E-state index contributed by atoms with van der Waals surface area (Å²) in [6.07, 6.45) is 0.967. The van der Waals surface area contributed by atoms with Gasteiger partial charge >= 0.3 is 0 Å². The van der Waals surface area contributed by atoms with Gasteiger partial charge in [0, 0.05) is 10.6 Å². The van der Waals surface area contributed by atoms with Crippen molar-refractivity contribution < 1.29 is 4.79 Å². The molecule has 0 aromatic heterocycles. The number of carbonyl (C=O) groups is 1. The van der Waals surface area contributed by atoms with Gasteiger partial charge in [-0.05, 0) is 41.0 Å². The lowest BCUT2D eigenvalue weighted by Gasteiger charge is -2.08. The summed E-state index contributed by atoms with van der Waals surface area (Å²) >= 11 is 1.58. The fourth-order valence-electron chi connectivity index (χ4n) is 2.53. The minimum atomic E-state index is 0.0242. The summed E-state index contributed by atoms with van der Waals surface area (Å²) < 4.78 is 0. The quantitative estimate of drug-likeness (QED) is 0.660. The predicted molar refractivity (Wildman–Crippen MR) is 99.1 cm³/mol. The molecule has 3 aromatic carbocycles. The number of aryl methyl sites for hydroxylation is 1. The van der Waals surface area contributed by atoms with Crippen molar-refractivity contribution in [2.45, 2.75) is 18.2 Å². The molecule has 0 atom stereocenters. The second kappa shape index (κ2) is 7.34. The van der Waals surface area contributed by atoms with Crippen molar-refractivity contribution in [2.24, 2.45) is 0 Å². The highest BCUT2D eigenvalue weighted by atomic mass is 32.2. The fraction of sp³-hybridized carbons (Fsp3) is 0.150. The predicted octanol–water partition coefficient (Wildman–Crippen LogP) is 5.13. The van der Waals surface area contributed by atoms with Gasteiger partial charge < -0.3 is 5.32 Å². The Kier molecular flexibility index (Phi) is 4.99. The summed E-state index contributed by atoms with van der Waals surface area (Å²) in [6, 6.07) is 22.5. The summed E-state index contributed by atoms with van der Waals surface area (Å²) in [5.74, 6) is 0.431. The first kappa shape index (κ1) is 15.6. The van der Waals surface area contributed by atoms with Gasteiger partial charge in [0.15, 0.2) is 0 Å². The number of nitrogens with one attached hydrogen (secondary N) is 1. The van der Waals surface area contributed by atoms with E-state index in [1.807, 2.05) is 36.4 Å². The van der Waals surface area contributed by atoms with E-state index in [1.165, 1.54) is 16.3 Å². The van der Waals surface area contributed by atoms with Crippen LogP contribution in [0.1, 0.15) is 12.5 Å². The summed E-state index contributed by atoms with van der Waals surface area (Å²) in [6.45, 7) is 2.11. The topological polar surface area (TPSA) is 29.1 Å². The second-order valence-electron chi connectivity index (χ2n) is 5.37. The van der Waals surface area contributed by atoms with E-state index in [9.17, 15) is 4.79 Å². The number of hydrogen-bond acceptors (Lipinski definition) is 2. The molecular formula is C20H19NOS. The van der Waals surface area contributed by atoms with Crippen LogP contribution in [0.4, 0.5) is 5.69 Å². The summed E-state index contributed by atoms with van der Waals surface area (Å²) in [5.41, 5.74) is 2.09. The number of hydrogen-bond donors (Lipinski definition) is 1. The SMILES string of the molecule is CCc1cccc(NC(=O)CSc2cccc3ccccc23)c1. The van der Waals surface area contributed by atoms with Crippen molar-refractivity contribution in [3.05, 3.63) is 72.3 Å². The molecule has 3 rings (SSSR count). The van der Waals surface area contributed by atoms with Gasteiger partial charge in [-0.1, -0.05) is 55.5 Å². The standard InChI is InChI=1S/C20H19NOS/c1-2-15-7-5-10-17(13-15)21-20(22)14-23-19-12-6-9-16-8-3-4-11-18(16)19/h3-13H,2,14H2,1H3,(H,21,22). The second-order valence-corrected chi connectivity index (χ2v) is 6.39. The first-order valence-electron chi connectivity index (χ1n) is 7.75. The average molecular weight is 321 g/mol. The van der Waals surface area contributed by atoms with Crippen LogP contribution in [0.15, 0.2) is 71.6 Å². The van der Waals surface area contributed by atoms with Crippen molar-refractivity contribution >= 4 is 34.1 Å². The van der Waals surface area contributed by atoms with Crippen LogP contribution in [-0.2, 0) is 11.2 Å². The number of amides is 1. The molecule has 0 saturated carbocycles. The van der Waals surface area contributed by atoms with Gasteiger partial charge in [0.25, 0.3) is 0 Å². The molecule has 0 aliphatic rings. The molecule has 0 unspecified atom stereocenters. The zero-order chi connectivity index (χ0) is 16.1. The van der Waals surface area contributed by atoms with Crippen LogP contribution in [0, 0.1) is 0 Å². The van der Waals surface area contributed by atoms with Gasteiger partial charge in [-0.25, -0.2) is 0 Å². The van der Waals surface area contributed by atoms with Gasteiger partial charge in [-0.2, -0.15) is 0 Å². The lowest BCUT2D eigenvalue weighted by atomic mass is 10.1. The molecule has 0 saturated heterocycles. The molecule has 0 fully saturated rings. The molecule has 0 heterocycles. The van der Waals surface area contributed by atoms with Gasteiger partial charge in [0.1, 0.15) is 0 Å². The minimum Gasteiger partial charge on any atom is -0.325 e. The van der Waals surface area contributed by atoms with E-state index in [4.69, 9.17) is 0 Å². The van der Waals surface area contributed by atoms with E-state index < -0.39 is 0 Å². The van der Waals surface area contributed by atoms with Crippen LogP contribution in [-0.4, -0.2) is 11.7 Å². The van der Waals surface area contributed by atoms with Crippen LogP contribution < -0.4 is 5.32 Å². The lowest BCUT2D eigenvalue weighted by molar-refractivity contribution is -0.113. The van der Waals surface area contributed by atoms with E-state index in [-0.39, 0.29) is 5.91 Å². The largest absolute Gasteiger partial charge is 0.325 e. The number of fused-ring (bicyclic) bond motifs is 1. The summed E-state index contributed by atoms with van der Waals surface area (Å²) in [5, 5.41) is 5.37. The van der Waals surface area contributed by atoms with E-state index in [1.54, 1.807) is 11.8 Å². The molecule has 0 bridgehead atoms. The Bertz CT molecular complexity index is 823. The molecule has 0 aliphatic heterocycles. The molecule has 1 N–H and O–H groups in total. The van der Waals surface area contributed by atoms with Crippen molar-refractivity contribution in [1.29, 1.82) is 0 Å². The molecule has 0 spiro atoms. The van der Waals surface area contributed by atoms with E-state index in [0.29, 0.717) is 5.75 Å². The normalized spacial score (nSPS) is 10.7. The summed E-state index contributed by atoms with van der Waals surface area (Å²) in [7, 11) is 0. The third-order valence-corrected chi connectivity index (χ3v) is 4.80. The van der Waals surface area contributed by atoms with Crippen LogP contribution >= 0.6 is 11.8 Å². The molecule has 0 aliphatic carbocycles. The molecule has 0 radical (unpaired) electrons. The van der Waals surface area contributed by atoms with E-state index >= 15 is 0 Å². The van der Waals surface area contributed by atoms with Crippen LogP contribution in [0.2, 0.25) is 0 Å². The Hall–Kier alpha value is -2.26. The fourth-order valence-corrected chi connectivity index (χ4v) is 3.41. The first-order valence-corrected chi connectivity index (χ1v) is 8.74. The maximum Gasteiger partial charge on any atom is 0.234 e. The third-order valence-electron chi connectivity index (χ3n) is 3.73. The van der Waals surface area contributed by atoms with Crippen molar-refractivity contribution in [2.75, 3.05) is 11.1 Å². The van der Waals surface area contributed by atoms with Crippen molar-refractivity contribution in [3.8, 4) is 0 Å². The third kappa shape index (κ3) is 3.93. The maximum absolute atomic E-state index is 12.2. The molecule has 116 valence electrons. The van der Waals surface area contributed by atoms with Gasteiger partial charge in [-0.15, -0.1) is 11.8 Å². The van der Waals surface area contributed by atoms with E-state index in [0.717, 1.165) is 17.0 Å². The smallest absolute Gasteiger partial charge is 0.234 e.